The number of benzene rings is 1. The van der Waals surface area contributed by atoms with Crippen LogP contribution in [-0.4, -0.2) is 17.1 Å². The molecule has 0 unspecified atom stereocenters. The first-order chi connectivity index (χ1) is 9.56. The van der Waals surface area contributed by atoms with E-state index in [0.717, 1.165) is 11.3 Å². The van der Waals surface area contributed by atoms with Gasteiger partial charge in [0, 0.05) is 13.6 Å². The quantitative estimate of drug-likeness (QED) is 0.855. The summed E-state index contributed by atoms with van der Waals surface area (Å²) < 4.78 is 5.24. The van der Waals surface area contributed by atoms with Gasteiger partial charge >= 0.3 is 0 Å². The fourth-order valence-corrected chi connectivity index (χ4v) is 2.15. The highest BCUT2D eigenvalue weighted by Gasteiger charge is 2.07. The lowest BCUT2D eigenvalue weighted by atomic mass is 10.2. The summed E-state index contributed by atoms with van der Waals surface area (Å²) in [7, 11) is 1.92. The van der Waals surface area contributed by atoms with Crippen molar-refractivity contribution in [2.24, 2.45) is 0 Å². The maximum absolute atomic E-state index is 5.99. The van der Waals surface area contributed by atoms with Gasteiger partial charge in [0.05, 0.1) is 22.9 Å². The van der Waals surface area contributed by atoms with Crippen molar-refractivity contribution in [3.63, 3.8) is 0 Å². The molecule has 0 aliphatic rings. The van der Waals surface area contributed by atoms with Gasteiger partial charge in [0.15, 0.2) is 5.11 Å². The summed E-state index contributed by atoms with van der Waals surface area (Å²) in [6, 6.07) is 9.30. The van der Waals surface area contributed by atoms with E-state index in [1.807, 2.05) is 36.2 Å². The van der Waals surface area contributed by atoms with Crippen LogP contribution in [0.25, 0.3) is 0 Å². The van der Waals surface area contributed by atoms with Crippen LogP contribution in [0.3, 0.4) is 0 Å². The molecule has 0 aliphatic heterocycles. The lowest BCUT2D eigenvalue weighted by molar-refractivity contribution is 0.468. The van der Waals surface area contributed by atoms with E-state index >= 15 is 0 Å². The summed E-state index contributed by atoms with van der Waals surface area (Å²) in [6.45, 7) is 1.22. The van der Waals surface area contributed by atoms with Crippen LogP contribution in [0, 0.1) is 0 Å². The monoisotopic (exact) mass is 328 g/mol. The van der Waals surface area contributed by atoms with Gasteiger partial charge in [0.25, 0.3) is 0 Å². The Kier molecular flexibility index (Phi) is 5.29. The van der Waals surface area contributed by atoms with Gasteiger partial charge in [-0.05, 0) is 42.0 Å². The molecular formula is C14H14Cl2N2OS. The van der Waals surface area contributed by atoms with Crippen molar-refractivity contribution in [2.75, 3.05) is 7.05 Å². The predicted molar refractivity (Wildman–Crippen MR) is 86.1 cm³/mol. The molecule has 0 saturated heterocycles. The summed E-state index contributed by atoms with van der Waals surface area (Å²) in [6.07, 6.45) is 1.64. The molecule has 0 radical (unpaired) electrons. The molecule has 1 aromatic heterocycles. The first-order valence-corrected chi connectivity index (χ1v) is 7.18. The number of nitrogens with zero attached hydrogens (tertiary/aromatic N) is 1. The molecule has 1 heterocycles. The summed E-state index contributed by atoms with van der Waals surface area (Å²) in [5.41, 5.74) is 1.05. The molecule has 0 fully saturated rings. The van der Waals surface area contributed by atoms with Crippen molar-refractivity contribution in [3.05, 3.63) is 58.0 Å². The number of rotatable bonds is 4. The molecule has 0 saturated carbocycles. The highest BCUT2D eigenvalue weighted by atomic mass is 35.5. The van der Waals surface area contributed by atoms with Crippen molar-refractivity contribution in [3.8, 4) is 0 Å². The number of halogens is 2. The molecule has 6 heteroatoms. The van der Waals surface area contributed by atoms with Gasteiger partial charge in [-0.2, -0.15) is 0 Å². The molecule has 0 amide bonds. The molecule has 20 heavy (non-hydrogen) atoms. The first-order valence-electron chi connectivity index (χ1n) is 6.01. The Morgan fingerprint density at radius 3 is 2.75 bits per heavy atom. The number of hydrogen-bond acceptors (Lipinski definition) is 2. The van der Waals surface area contributed by atoms with Gasteiger partial charge in [-0.3, -0.25) is 0 Å². The topological polar surface area (TPSA) is 28.4 Å². The largest absolute Gasteiger partial charge is 0.467 e. The van der Waals surface area contributed by atoms with Crippen molar-refractivity contribution >= 4 is 40.5 Å². The number of furan rings is 1. The Bertz CT molecular complexity index is 587. The SMILES string of the molecule is CN(Cc1ccc(Cl)c(Cl)c1)C(=S)NCc1ccco1. The third-order valence-electron chi connectivity index (χ3n) is 2.74. The van der Waals surface area contributed by atoms with Crippen LogP contribution < -0.4 is 5.32 Å². The predicted octanol–water partition coefficient (Wildman–Crippen LogP) is 4.09. The normalized spacial score (nSPS) is 10.3. The van der Waals surface area contributed by atoms with E-state index in [9.17, 15) is 0 Å². The Hall–Kier alpha value is -1.23. The van der Waals surface area contributed by atoms with Gasteiger partial charge in [-0.1, -0.05) is 29.3 Å². The summed E-state index contributed by atoms with van der Waals surface area (Å²) in [5, 5.41) is 4.88. The van der Waals surface area contributed by atoms with Crippen LogP contribution in [0.5, 0.6) is 0 Å². The van der Waals surface area contributed by atoms with Crippen LogP contribution in [0.2, 0.25) is 10.0 Å². The first kappa shape index (κ1) is 15.2. The third kappa shape index (κ3) is 4.13. The fraction of sp³-hybridized carbons (Fsp3) is 0.214. The van der Waals surface area contributed by atoms with Crippen molar-refractivity contribution in [1.82, 2.24) is 10.2 Å². The minimum Gasteiger partial charge on any atom is -0.467 e. The van der Waals surface area contributed by atoms with E-state index in [2.05, 4.69) is 5.32 Å². The Morgan fingerprint density at radius 1 is 1.30 bits per heavy atom. The van der Waals surface area contributed by atoms with Crippen LogP contribution in [-0.2, 0) is 13.1 Å². The lowest BCUT2D eigenvalue weighted by Crippen LogP contribution is -2.36. The Balaban J connectivity index is 1.88. The zero-order valence-corrected chi connectivity index (χ0v) is 13.2. The van der Waals surface area contributed by atoms with E-state index in [0.29, 0.717) is 28.2 Å². The van der Waals surface area contributed by atoms with Crippen LogP contribution in [0.1, 0.15) is 11.3 Å². The molecule has 106 valence electrons. The van der Waals surface area contributed by atoms with E-state index in [1.54, 1.807) is 12.3 Å². The standard InChI is InChI=1S/C14H14Cl2N2OS/c1-18(9-10-4-5-12(15)13(16)7-10)14(20)17-8-11-3-2-6-19-11/h2-7H,8-9H2,1H3,(H,17,20). The maximum atomic E-state index is 5.99. The van der Waals surface area contributed by atoms with Crippen molar-refractivity contribution in [1.29, 1.82) is 0 Å². The summed E-state index contributed by atoms with van der Waals surface area (Å²) >= 11 is 17.2. The van der Waals surface area contributed by atoms with Crippen LogP contribution in [0.15, 0.2) is 41.0 Å². The number of thiocarbonyl (C=S) groups is 1. The average molecular weight is 329 g/mol. The fourth-order valence-electron chi connectivity index (χ4n) is 1.69. The van der Waals surface area contributed by atoms with Gasteiger partial charge in [-0.25, -0.2) is 0 Å². The highest BCUT2D eigenvalue weighted by Crippen LogP contribution is 2.23. The van der Waals surface area contributed by atoms with Gasteiger partial charge in [0.2, 0.25) is 0 Å². The zero-order valence-electron chi connectivity index (χ0n) is 10.9. The third-order valence-corrected chi connectivity index (χ3v) is 3.94. The van der Waals surface area contributed by atoms with Crippen LogP contribution in [0.4, 0.5) is 0 Å². The smallest absolute Gasteiger partial charge is 0.169 e. The van der Waals surface area contributed by atoms with Gasteiger partial charge in [-0.15, -0.1) is 0 Å². The molecule has 3 nitrogen and oxygen atoms in total. The van der Waals surface area contributed by atoms with Crippen molar-refractivity contribution < 1.29 is 4.42 Å². The molecule has 1 N–H and O–H groups in total. The Morgan fingerprint density at radius 2 is 2.10 bits per heavy atom. The molecule has 0 bridgehead atoms. The maximum Gasteiger partial charge on any atom is 0.169 e. The highest BCUT2D eigenvalue weighted by molar-refractivity contribution is 7.80. The van der Waals surface area contributed by atoms with E-state index in [1.165, 1.54) is 0 Å². The molecule has 1 aromatic carbocycles. The molecule has 0 spiro atoms. The summed E-state index contributed by atoms with van der Waals surface area (Å²) in [4.78, 5) is 1.93. The molecule has 2 aromatic rings. The molecule has 0 aliphatic carbocycles. The van der Waals surface area contributed by atoms with Gasteiger partial charge < -0.3 is 14.6 Å². The van der Waals surface area contributed by atoms with Gasteiger partial charge in [0.1, 0.15) is 5.76 Å². The van der Waals surface area contributed by atoms with E-state index < -0.39 is 0 Å². The minimum absolute atomic E-state index is 0.548. The van der Waals surface area contributed by atoms with E-state index in [4.69, 9.17) is 39.8 Å². The minimum atomic E-state index is 0.548. The van der Waals surface area contributed by atoms with Crippen molar-refractivity contribution in [2.45, 2.75) is 13.1 Å². The zero-order chi connectivity index (χ0) is 14.5. The average Bonchev–Trinajstić information content (AvgIpc) is 2.93. The summed E-state index contributed by atoms with van der Waals surface area (Å²) in [5.74, 6) is 0.843. The lowest BCUT2D eigenvalue weighted by Gasteiger charge is -2.21. The van der Waals surface area contributed by atoms with Crippen LogP contribution >= 0.6 is 35.4 Å². The second-order valence-electron chi connectivity index (χ2n) is 4.34. The van der Waals surface area contributed by atoms with E-state index in [-0.39, 0.29) is 0 Å². The molecule has 0 atom stereocenters. The second kappa shape index (κ2) is 6.97. The number of nitrogens with one attached hydrogen (secondary N) is 1. The molecule has 2 rings (SSSR count). The number of hydrogen-bond donors (Lipinski definition) is 1. The Labute approximate surface area is 133 Å². The second-order valence-corrected chi connectivity index (χ2v) is 5.54. The molecular weight excluding hydrogens is 315 g/mol.